The van der Waals surface area contributed by atoms with Crippen molar-refractivity contribution in [1.29, 1.82) is 0 Å². The Morgan fingerprint density at radius 3 is 2.04 bits per heavy atom. The summed E-state index contributed by atoms with van der Waals surface area (Å²) < 4.78 is 5.02. The Bertz CT molecular complexity index is 743. The summed E-state index contributed by atoms with van der Waals surface area (Å²) in [4.78, 5) is 12.2. The third-order valence-corrected chi connectivity index (χ3v) is 3.69. The molecule has 6 nitrogen and oxygen atoms in total. The molecule has 0 aliphatic rings. The van der Waals surface area contributed by atoms with Crippen molar-refractivity contribution < 1.29 is 30.0 Å². The van der Waals surface area contributed by atoms with E-state index >= 15 is 0 Å². The Hall–Kier alpha value is -2.89. The van der Waals surface area contributed by atoms with Gasteiger partial charge in [-0.3, -0.25) is 4.79 Å². The van der Waals surface area contributed by atoms with Crippen LogP contribution in [-0.2, 0) is 4.79 Å². The Morgan fingerprint density at radius 1 is 1.00 bits per heavy atom. The summed E-state index contributed by atoms with van der Waals surface area (Å²) in [5, 5.41) is 39.5. The molecule has 1 atom stereocenters. The Kier molecular flexibility index (Phi) is 4.36. The fourth-order valence-corrected chi connectivity index (χ4v) is 2.64. The van der Waals surface area contributed by atoms with Crippen molar-refractivity contribution in [3.8, 4) is 28.7 Å². The first kappa shape index (κ1) is 16.5. The third kappa shape index (κ3) is 3.01. The van der Waals surface area contributed by atoms with Gasteiger partial charge in [-0.15, -0.1) is 0 Å². The summed E-state index contributed by atoms with van der Waals surface area (Å²) in [5.41, 5.74) is 1.04. The van der Waals surface area contributed by atoms with E-state index in [4.69, 9.17) is 4.74 Å². The van der Waals surface area contributed by atoms with Gasteiger partial charge in [-0.25, -0.2) is 0 Å². The van der Waals surface area contributed by atoms with Crippen molar-refractivity contribution in [3.63, 3.8) is 0 Å². The Morgan fingerprint density at radius 2 is 1.57 bits per heavy atom. The summed E-state index contributed by atoms with van der Waals surface area (Å²) in [7, 11) is 1.41. The molecular formula is C17H18O6. The van der Waals surface area contributed by atoms with Gasteiger partial charge in [0, 0.05) is 12.1 Å². The minimum atomic E-state index is -0.993. The third-order valence-electron chi connectivity index (χ3n) is 3.69. The normalized spacial score (nSPS) is 12.0. The number of aryl methyl sites for hydroxylation is 1. The molecule has 0 fully saturated rings. The first-order chi connectivity index (χ1) is 10.8. The van der Waals surface area contributed by atoms with Gasteiger partial charge in [0.15, 0.2) is 11.5 Å². The summed E-state index contributed by atoms with van der Waals surface area (Å²) in [5.74, 6) is -2.36. The van der Waals surface area contributed by atoms with Crippen molar-refractivity contribution in [2.24, 2.45) is 0 Å². The molecule has 0 amide bonds. The van der Waals surface area contributed by atoms with Gasteiger partial charge < -0.3 is 25.2 Å². The number of methoxy groups -OCH3 is 1. The van der Waals surface area contributed by atoms with Crippen LogP contribution in [0.3, 0.4) is 0 Å². The van der Waals surface area contributed by atoms with E-state index in [9.17, 15) is 25.2 Å². The first-order valence-electron chi connectivity index (χ1n) is 6.89. The van der Waals surface area contributed by atoms with E-state index < -0.39 is 17.4 Å². The fourth-order valence-electron chi connectivity index (χ4n) is 2.64. The molecule has 2 rings (SSSR count). The average molecular weight is 318 g/mol. The maximum atomic E-state index is 12.2. The number of carbonyl (C=O) groups is 1. The summed E-state index contributed by atoms with van der Waals surface area (Å²) in [6.07, 6.45) is 0. The summed E-state index contributed by atoms with van der Waals surface area (Å²) >= 11 is 0. The van der Waals surface area contributed by atoms with Crippen LogP contribution in [0.15, 0.2) is 24.3 Å². The topological polar surface area (TPSA) is 107 Å². The van der Waals surface area contributed by atoms with E-state index in [1.807, 2.05) is 0 Å². The maximum Gasteiger partial charge on any atom is 0.160 e. The average Bonchev–Trinajstić information content (AvgIpc) is 2.44. The molecule has 23 heavy (non-hydrogen) atoms. The summed E-state index contributed by atoms with van der Waals surface area (Å²) in [6.45, 7) is 3.04. The van der Waals surface area contributed by atoms with E-state index in [-0.39, 0.29) is 28.6 Å². The zero-order valence-corrected chi connectivity index (χ0v) is 13.0. The van der Waals surface area contributed by atoms with Gasteiger partial charge in [-0.2, -0.15) is 0 Å². The molecule has 122 valence electrons. The van der Waals surface area contributed by atoms with Crippen LogP contribution in [0.2, 0.25) is 0 Å². The van der Waals surface area contributed by atoms with Gasteiger partial charge in [0.2, 0.25) is 0 Å². The van der Waals surface area contributed by atoms with Crippen molar-refractivity contribution in [2.75, 3.05) is 7.11 Å². The maximum absolute atomic E-state index is 12.2. The molecule has 0 aliphatic carbocycles. The van der Waals surface area contributed by atoms with Crippen molar-refractivity contribution in [1.82, 2.24) is 0 Å². The lowest BCUT2D eigenvalue weighted by Crippen LogP contribution is -2.13. The molecule has 2 aromatic rings. The molecule has 0 spiro atoms. The Balaban J connectivity index is 2.71. The second kappa shape index (κ2) is 6.08. The Labute approximate surface area is 133 Å². The highest BCUT2D eigenvalue weighted by atomic mass is 16.5. The number of phenols is 4. The van der Waals surface area contributed by atoms with E-state index in [1.54, 1.807) is 13.0 Å². The van der Waals surface area contributed by atoms with E-state index in [2.05, 4.69) is 0 Å². The zero-order chi connectivity index (χ0) is 17.3. The van der Waals surface area contributed by atoms with Gasteiger partial charge in [0.05, 0.1) is 18.6 Å². The highest BCUT2D eigenvalue weighted by Crippen LogP contribution is 2.43. The van der Waals surface area contributed by atoms with Crippen LogP contribution in [-0.4, -0.2) is 33.3 Å². The van der Waals surface area contributed by atoms with Crippen LogP contribution in [0.25, 0.3) is 0 Å². The molecular weight excluding hydrogens is 300 g/mol. The lowest BCUT2D eigenvalue weighted by atomic mass is 9.84. The molecule has 0 aliphatic heterocycles. The fraction of sp³-hybridized carbons (Fsp3) is 0.235. The minimum Gasteiger partial charge on any atom is -0.508 e. The highest BCUT2D eigenvalue weighted by molar-refractivity contribution is 5.89. The minimum absolute atomic E-state index is 0.0250. The quantitative estimate of drug-likeness (QED) is 0.690. The van der Waals surface area contributed by atoms with Gasteiger partial charge >= 0.3 is 0 Å². The lowest BCUT2D eigenvalue weighted by Gasteiger charge is -2.20. The monoisotopic (exact) mass is 318 g/mol. The number of carbonyl (C=O) groups excluding carboxylic acids is 1. The first-order valence-corrected chi connectivity index (χ1v) is 6.89. The number of Topliss-reactive ketones (excluding diaryl/α,β-unsaturated/α-hetero) is 1. The van der Waals surface area contributed by atoms with E-state index in [0.717, 1.165) is 12.1 Å². The second-order valence-corrected chi connectivity index (χ2v) is 5.32. The van der Waals surface area contributed by atoms with Crippen LogP contribution < -0.4 is 4.74 Å². The zero-order valence-electron chi connectivity index (χ0n) is 13.0. The van der Waals surface area contributed by atoms with Crippen LogP contribution >= 0.6 is 0 Å². The molecule has 0 bridgehead atoms. The van der Waals surface area contributed by atoms with Gasteiger partial charge in [0.25, 0.3) is 0 Å². The molecule has 0 radical (unpaired) electrons. The van der Waals surface area contributed by atoms with Crippen molar-refractivity contribution >= 4 is 5.78 Å². The molecule has 0 saturated heterocycles. The van der Waals surface area contributed by atoms with Crippen LogP contribution in [0, 0.1) is 6.92 Å². The molecule has 0 heterocycles. The number of ketones is 1. The van der Waals surface area contributed by atoms with Gasteiger partial charge in [-0.1, -0.05) is 0 Å². The number of phenolic OH excluding ortho intramolecular Hbond substituents is 4. The predicted molar refractivity (Wildman–Crippen MR) is 83.4 cm³/mol. The molecule has 2 aromatic carbocycles. The SMILES string of the molecule is COc1cc(C)c(C(C(C)=O)c2c(O)cc(O)cc2O)cc1O. The predicted octanol–water partition coefficient (Wildman–Crippen LogP) is 2.55. The molecule has 0 aromatic heterocycles. The van der Waals surface area contributed by atoms with Crippen LogP contribution in [0.5, 0.6) is 28.7 Å². The number of ether oxygens (including phenoxy) is 1. The number of hydrogen-bond donors (Lipinski definition) is 4. The largest absolute Gasteiger partial charge is 0.508 e. The van der Waals surface area contributed by atoms with Crippen molar-refractivity contribution in [3.05, 3.63) is 41.0 Å². The van der Waals surface area contributed by atoms with Gasteiger partial charge in [0.1, 0.15) is 23.0 Å². The van der Waals surface area contributed by atoms with Gasteiger partial charge in [-0.05, 0) is 37.1 Å². The van der Waals surface area contributed by atoms with E-state index in [1.165, 1.54) is 20.1 Å². The molecule has 4 N–H and O–H groups in total. The smallest absolute Gasteiger partial charge is 0.160 e. The number of aromatic hydroxyl groups is 4. The lowest BCUT2D eigenvalue weighted by molar-refractivity contribution is -0.117. The number of hydrogen-bond acceptors (Lipinski definition) is 6. The molecule has 0 saturated carbocycles. The van der Waals surface area contributed by atoms with Crippen molar-refractivity contribution in [2.45, 2.75) is 19.8 Å². The van der Waals surface area contributed by atoms with Crippen LogP contribution in [0.4, 0.5) is 0 Å². The highest BCUT2D eigenvalue weighted by Gasteiger charge is 2.28. The number of rotatable bonds is 4. The van der Waals surface area contributed by atoms with Crippen LogP contribution in [0.1, 0.15) is 29.5 Å². The standard InChI is InChI=1S/C17H18O6/c1-8-4-15(23-3)12(20)7-11(8)16(9(2)18)17-13(21)5-10(19)6-14(17)22/h4-7,16,19-22H,1-3H3. The summed E-state index contributed by atoms with van der Waals surface area (Å²) in [6, 6.07) is 5.02. The molecule has 6 heteroatoms. The molecule has 1 unspecified atom stereocenters. The second-order valence-electron chi connectivity index (χ2n) is 5.32. The van der Waals surface area contributed by atoms with E-state index in [0.29, 0.717) is 11.1 Å². The number of benzene rings is 2.